The van der Waals surface area contributed by atoms with Crippen molar-refractivity contribution in [1.29, 1.82) is 0 Å². The van der Waals surface area contributed by atoms with Gasteiger partial charge in [-0.3, -0.25) is 0 Å². The number of hydrogen-bond acceptors (Lipinski definition) is 3. The minimum Gasteiger partial charge on any atom is -0.480 e. The van der Waals surface area contributed by atoms with Crippen LogP contribution in [-0.4, -0.2) is 53.1 Å². The Bertz CT molecular complexity index is 332. The molecule has 5 nitrogen and oxygen atoms in total. The fourth-order valence-corrected chi connectivity index (χ4v) is 3.34. The van der Waals surface area contributed by atoms with E-state index in [-0.39, 0.29) is 18.0 Å². The molecule has 2 amide bonds. The van der Waals surface area contributed by atoms with E-state index in [0.29, 0.717) is 0 Å². The van der Waals surface area contributed by atoms with Gasteiger partial charge in [-0.2, -0.15) is 11.8 Å². The smallest absolute Gasteiger partial charge is 0.326 e. The molecule has 1 rings (SSSR count). The minimum absolute atomic E-state index is 0.0643. The quantitative estimate of drug-likeness (QED) is 0.790. The van der Waals surface area contributed by atoms with Gasteiger partial charge in [0.2, 0.25) is 0 Å². The van der Waals surface area contributed by atoms with Crippen LogP contribution in [0.3, 0.4) is 0 Å². The van der Waals surface area contributed by atoms with Gasteiger partial charge in [0.1, 0.15) is 6.04 Å². The third kappa shape index (κ3) is 4.89. The maximum atomic E-state index is 12.2. The fraction of sp³-hybridized carbons (Fsp3) is 0.857. The zero-order valence-electron chi connectivity index (χ0n) is 12.6. The molecule has 2 N–H and O–H groups in total. The molecule has 1 aliphatic carbocycles. The molecule has 0 aromatic heterocycles. The number of amides is 2. The van der Waals surface area contributed by atoms with Gasteiger partial charge >= 0.3 is 12.0 Å². The highest BCUT2D eigenvalue weighted by molar-refractivity contribution is 7.98. The van der Waals surface area contributed by atoms with Crippen LogP contribution in [-0.2, 0) is 4.79 Å². The summed E-state index contributed by atoms with van der Waals surface area (Å²) < 4.78 is 0. The first-order valence-corrected chi connectivity index (χ1v) is 8.61. The van der Waals surface area contributed by atoms with Gasteiger partial charge in [0, 0.05) is 18.8 Å². The van der Waals surface area contributed by atoms with Crippen LogP contribution in [0.5, 0.6) is 0 Å². The number of carboxylic acid groups (broad SMARTS) is 1. The maximum absolute atomic E-state index is 12.2. The summed E-state index contributed by atoms with van der Waals surface area (Å²) in [5.74, 6) is -0.0175. The van der Waals surface area contributed by atoms with Crippen molar-refractivity contribution in [3.63, 3.8) is 0 Å². The zero-order chi connectivity index (χ0) is 15.1. The van der Waals surface area contributed by atoms with Crippen molar-refractivity contribution in [1.82, 2.24) is 10.2 Å². The Morgan fingerprint density at radius 3 is 2.45 bits per heavy atom. The molecule has 0 heterocycles. The summed E-state index contributed by atoms with van der Waals surface area (Å²) in [6, 6.07) is -0.956. The predicted octanol–water partition coefficient (Wildman–Crippen LogP) is 2.41. The van der Waals surface area contributed by atoms with Crippen LogP contribution in [0.2, 0.25) is 0 Å². The maximum Gasteiger partial charge on any atom is 0.326 e. The molecule has 116 valence electrons. The van der Waals surface area contributed by atoms with E-state index in [4.69, 9.17) is 0 Å². The van der Waals surface area contributed by atoms with Gasteiger partial charge in [0.25, 0.3) is 0 Å². The second-order valence-corrected chi connectivity index (χ2v) is 6.49. The summed E-state index contributed by atoms with van der Waals surface area (Å²) in [6.07, 6.45) is 7.06. The third-order valence-electron chi connectivity index (χ3n) is 4.06. The lowest BCUT2D eigenvalue weighted by Crippen LogP contribution is -2.52. The number of carbonyl (C=O) groups is 2. The molecule has 0 bridgehead atoms. The second-order valence-electron chi connectivity index (χ2n) is 5.58. The van der Waals surface area contributed by atoms with Gasteiger partial charge in [0.15, 0.2) is 0 Å². The van der Waals surface area contributed by atoms with Crippen LogP contribution in [0, 0.1) is 5.92 Å². The molecule has 20 heavy (non-hydrogen) atoms. The highest BCUT2D eigenvalue weighted by Crippen LogP contribution is 2.26. The Balaban J connectivity index is 2.60. The Morgan fingerprint density at radius 1 is 1.35 bits per heavy atom. The first-order valence-electron chi connectivity index (χ1n) is 7.22. The molecule has 0 radical (unpaired) electrons. The van der Waals surface area contributed by atoms with E-state index in [2.05, 4.69) is 5.32 Å². The van der Waals surface area contributed by atoms with E-state index < -0.39 is 12.0 Å². The van der Waals surface area contributed by atoms with Gasteiger partial charge in [-0.05, 0) is 31.9 Å². The molecule has 2 atom stereocenters. The first-order chi connectivity index (χ1) is 9.47. The number of nitrogens with zero attached hydrogens (tertiary/aromatic N) is 1. The summed E-state index contributed by atoms with van der Waals surface area (Å²) >= 11 is 1.67. The molecular formula is C14H26N2O3S. The normalized spacial score (nSPS) is 19.1. The predicted molar refractivity (Wildman–Crippen MR) is 82.1 cm³/mol. The molecule has 0 aliphatic heterocycles. The van der Waals surface area contributed by atoms with E-state index in [1.165, 1.54) is 6.42 Å². The average molecular weight is 302 g/mol. The van der Waals surface area contributed by atoms with Crippen LogP contribution < -0.4 is 5.32 Å². The number of carboxylic acids is 1. The second kappa shape index (κ2) is 8.39. The van der Waals surface area contributed by atoms with Crippen molar-refractivity contribution >= 4 is 23.8 Å². The largest absolute Gasteiger partial charge is 0.480 e. The number of hydrogen-bond donors (Lipinski definition) is 2. The highest BCUT2D eigenvalue weighted by Gasteiger charge is 2.31. The molecule has 1 fully saturated rings. The Hall–Kier alpha value is -0.910. The van der Waals surface area contributed by atoms with Crippen molar-refractivity contribution < 1.29 is 14.7 Å². The average Bonchev–Trinajstić information content (AvgIpc) is 2.44. The summed E-state index contributed by atoms with van der Waals surface area (Å²) in [4.78, 5) is 25.2. The molecule has 0 spiro atoms. The van der Waals surface area contributed by atoms with Crippen molar-refractivity contribution in [2.45, 2.75) is 51.1 Å². The van der Waals surface area contributed by atoms with Crippen molar-refractivity contribution in [3.8, 4) is 0 Å². The standard InChI is InChI=1S/C14H26N2O3S/c1-10(9-20-3)16(2)14(19)15-12(13(17)18)11-7-5-4-6-8-11/h10-12H,4-9H2,1-3H3,(H,15,19)(H,17,18). The molecule has 6 heteroatoms. The first kappa shape index (κ1) is 17.1. The lowest BCUT2D eigenvalue weighted by molar-refractivity contribution is -0.141. The number of urea groups is 1. The van der Waals surface area contributed by atoms with Crippen LogP contribution >= 0.6 is 11.8 Å². The molecule has 0 aromatic carbocycles. The Kier molecular flexibility index (Phi) is 7.19. The van der Waals surface area contributed by atoms with Crippen LogP contribution in [0.25, 0.3) is 0 Å². The van der Waals surface area contributed by atoms with Gasteiger partial charge < -0.3 is 15.3 Å². The van der Waals surface area contributed by atoms with E-state index in [1.807, 2.05) is 13.2 Å². The highest BCUT2D eigenvalue weighted by atomic mass is 32.2. The zero-order valence-corrected chi connectivity index (χ0v) is 13.4. The van der Waals surface area contributed by atoms with E-state index in [0.717, 1.165) is 31.4 Å². The summed E-state index contributed by atoms with van der Waals surface area (Å²) in [5.41, 5.74) is 0. The molecule has 1 saturated carbocycles. The van der Waals surface area contributed by atoms with Crippen LogP contribution in [0.15, 0.2) is 0 Å². The SMILES string of the molecule is CSCC(C)N(C)C(=O)NC(C(=O)O)C1CCCCC1. The van der Waals surface area contributed by atoms with Crippen LogP contribution in [0.1, 0.15) is 39.0 Å². The summed E-state index contributed by atoms with van der Waals surface area (Å²) in [5, 5.41) is 12.1. The van der Waals surface area contributed by atoms with E-state index in [1.54, 1.807) is 23.7 Å². The molecule has 1 aliphatic rings. The number of thioether (sulfide) groups is 1. The summed E-state index contributed by atoms with van der Waals surface area (Å²) in [6.45, 7) is 1.96. The lowest BCUT2D eigenvalue weighted by atomic mass is 9.84. The lowest BCUT2D eigenvalue weighted by Gasteiger charge is -2.31. The molecular weight excluding hydrogens is 276 g/mol. The van der Waals surface area contributed by atoms with E-state index in [9.17, 15) is 14.7 Å². The molecule has 2 unspecified atom stereocenters. The number of nitrogens with one attached hydrogen (secondary N) is 1. The summed E-state index contributed by atoms with van der Waals surface area (Å²) in [7, 11) is 1.72. The molecule has 0 aromatic rings. The number of rotatable bonds is 6. The van der Waals surface area contributed by atoms with Gasteiger partial charge in [-0.25, -0.2) is 9.59 Å². The molecule has 0 saturated heterocycles. The van der Waals surface area contributed by atoms with Gasteiger partial charge in [-0.1, -0.05) is 19.3 Å². The Morgan fingerprint density at radius 2 is 1.95 bits per heavy atom. The topological polar surface area (TPSA) is 69.6 Å². The third-order valence-corrected chi connectivity index (χ3v) is 4.87. The minimum atomic E-state index is -0.920. The number of aliphatic carboxylic acids is 1. The monoisotopic (exact) mass is 302 g/mol. The van der Waals surface area contributed by atoms with Gasteiger partial charge in [0.05, 0.1) is 0 Å². The van der Waals surface area contributed by atoms with Crippen LogP contribution in [0.4, 0.5) is 4.79 Å². The van der Waals surface area contributed by atoms with Crippen molar-refractivity contribution in [3.05, 3.63) is 0 Å². The van der Waals surface area contributed by atoms with Crippen molar-refractivity contribution in [2.75, 3.05) is 19.1 Å². The van der Waals surface area contributed by atoms with Gasteiger partial charge in [-0.15, -0.1) is 0 Å². The van der Waals surface area contributed by atoms with E-state index >= 15 is 0 Å². The number of carbonyl (C=O) groups excluding carboxylic acids is 1. The Labute approximate surface area is 125 Å². The van der Waals surface area contributed by atoms with Crippen molar-refractivity contribution in [2.24, 2.45) is 5.92 Å². The fourth-order valence-electron chi connectivity index (χ4n) is 2.64.